The molecule has 5 nitrogen and oxygen atoms in total. The van der Waals surface area contributed by atoms with Crippen molar-refractivity contribution in [3.63, 3.8) is 0 Å². The number of aromatic nitrogens is 1. The summed E-state index contributed by atoms with van der Waals surface area (Å²) in [5.74, 6) is 1.57. The average molecular weight is 455 g/mol. The molecule has 0 fully saturated rings. The summed E-state index contributed by atoms with van der Waals surface area (Å²) in [7, 11) is -3.80. The molecule has 1 aromatic heterocycles. The fourth-order valence-electron chi connectivity index (χ4n) is 3.47. The van der Waals surface area contributed by atoms with Gasteiger partial charge in [-0.25, -0.2) is 4.57 Å². The Morgan fingerprint density at radius 3 is 1.85 bits per heavy atom. The number of ether oxygens (including phenoxy) is 1. The normalized spacial score (nSPS) is 11.3. The molecule has 0 aliphatic heterocycles. The minimum absolute atomic E-state index is 0.348. The van der Waals surface area contributed by atoms with Crippen LogP contribution in [0.15, 0.2) is 115 Å². The van der Waals surface area contributed by atoms with Crippen LogP contribution in [0.4, 0.5) is 0 Å². The van der Waals surface area contributed by atoms with Crippen LogP contribution in [0, 0.1) is 0 Å². The van der Waals surface area contributed by atoms with Crippen LogP contribution in [0.3, 0.4) is 0 Å². The maximum Gasteiger partial charge on any atom is 0.479 e. The molecule has 164 valence electrons. The summed E-state index contributed by atoms with van der Waals surface area (Å²) in [5.41, 5.74) is 2.14. The lowest BCUT2D eigenvalue weighted by Gasteiger charge is -2.19. The number of para-hydroxylation sites is 3. The minimum atomic E-state index is -3.80. The van der Waals surface area contributed by atoms with E-state index in [1.165, 1.54) is 0 Å². The molecule has 0 spiro atoms. The van der Waals surface area contributed by atoms with E-state index in [1.54, 1.807) is 30.3 Å². The van der Waals surface area contributed by atoms with E-state index in [0.29, 0.717) is 29.3 Å². The monoisotopic (exact) mass is 455 g/mol. The van der Waals surface area contributed by atoms with Crippen LogP contribution in [0.25, 0.3) is 10.9 Å². The van der Waals surface area contributed by atoms with Crippen molar-refractivity contribution in [1.82, 2.24) is 4.98 Å². The molecule has 5 rings (SSSR count). The van der Waals surface area contributed by atoms with Gasteiger partial charge >= 0.3 is 7.60 Å². The minimum Gasteiger partial charge on any atom is -0.487 e. The predicted molar refractivity (Wildman–Crippen MR) is 130 cm³/mol. The Balaban J connectivity index is 1.51. The van der Waals surface area contributed by atoms with Crippen LogP contribution in [-0.4, -0.2) is 4.98 Å². The van der Waals surface area contributed by atoms with Gasteiger partial charge in [-0.3, -0.25) is 0 Å². The van der Waals surface area contributed by atoms with Crippen molar-refractivity contribution < 1.29 is 18.3 Å². The first kappa shape index (κ1) is 20.9. The van der Waals surface area contributed by atoms with Gasteiger partial charge in [-0.2, -0.15) is 0 Å². The Morgan fingerprint density at radius 2 is 1.24 bits per heavy atom. The van der Waals surface area contributed by atoms with Gasteiger partial charge in [0.2, 0.25) is 0 Å². The van der Waals surface area contributed by atoms with E-state index in [4.69, 9.17) is 13.8 Å². The molecule has 0 aliphatic carbocycles. The summed E-state index contributed by atoms with van der Waals surface area (Å²) in [5, 5.41) is 0.851. The summed E-state index contributed by atoms with van der Waals surface area (Å²) < 4.78 is 32.1. The maximum absolute atomic E-state index is 14.1. The first-order valence-corrected chi connectivity index (χ1v) is 12.1. The van der Waals surface area contributed by atoms with Gasteiger partial charge in [0.1, 0.15) is 23.9 Å². The van der Waals surface area contributed by atoms with Gasteiger partial charge in [-0.15, -0.1) is 0 Å². The van der Waals surface area contributed by atoms with Crippen molar-refractivity contribution in [3.8, 4) is 17.2 Å². The molecule has 33 heavy (non-hydrogen) atoms. The van der Waals surface area contributed by atoms with Gasteiger partial charge in [0.15, 0.2) is 5.44 Å². The topological polar surface area (TPSA) is 60.6 Å². The summed E-state index contributed by atoms with van der Waals surface area (Å²) in [6.45, 7) is 0.424. The van der Waals surface area contributed by atoms with Crippen molar-refractivity contribution in [3.05, 3.63) is 121 Å². The molecule has 0 saturated heterocycles. The molecular formula is C27H22NO4P. The molecule has 4 aromatic carbocycles. The van der Waals surface area contributed by atoms with Crippen molar-refractivity contribution >= 4 is 23.9 Å². The van der Waals surface area contributed by atoms with E-state index >= 15 is 0 Å². The molecule has 6 heteroatoms. The summed E-state index contributed by atoms with van der Waals surface area (Å²) in [6.07, 6.45) is 0. The Morgan fingerprint density at radius 1 is 0.667 bits per heavy atom. The third kappa shape index (κ3) is 4.79. The van der Waals surface area contributed by atoms with E-state index < -0.39 is 7.60 Å². The molecule has 0 unspecified atom stereocenters. The number of benzene rings is 4. The third-order valence-corrected chi connectivity index (χ3v) is 6.81. The molecule has 1 N–H and O–H groups in total. The Hall–Kier alpha value is -3.95. The Labute approximate surface area is 192 Å². The van der Waals surface area contributed by atoms with Crippen LogP contribution < -0.4 is 19.2 Å². The van der Waals surface area contributed by atoms with Crippen LogP contribution in [0.5, 0.6) is 17.2 Å². The number of rotatable bonds is 8. The average Bonchev–Trinajstić information content (AvgIpc) is 3.31. The first-order chi connectivity index (χ1) is 16.2. The lowest BCUT2D eigenvalue weighted by atomic mass is 10.2. The smallest absolute Gasteiger partial charge is 0.479 e. The van der Waals surface area contributed by atoms with Crippen LogP contribution in [0.2, 0.25) is 0 Å². The molecule has 0 bridgehead atoms. The highest BCUT2D eigenvalue weighted by atomic mass is 31.2. The molecule has 0 aliphatic rings. The second-order valence-corrected chi connectivity index (χ2v) is 9.30. The quantitative estimate of drug-likeness (QED) is 0.264. The van der Waals surface area contributed by atoms with Gasteiger partial charge < -0.3 is 18.8 Å². The zero-order valence-electron chi connectivity index (χ0n) is 17.8. The first-order valence-electron chi connectivity index (χ1n) is 10.6. The fourth-order valence-corrected chi connectivity index (χ4v) is 5.05. The highest BCUT2D eigenvalue weighted by Gasteiger charge is 2.34. The van der Waals surface area contributed by atoms with Crippen LogP contribution in [0.1, 0.15) is 5.56 Å². The molecule has 5 aromatic rings. The zero-order chi connectivity index (χ0) is 22.5. The summed E-state index contributed by atoms with van der Waals surface area (Å²) >= 11 is 0. The fraction of sp³-hybridized carbons (Fsp3) is 0.0370. The predicted octanol–water partition coefficient (Wildman–Crippen LogP) is 6.72. The zero-order valence-corrected chi connectivity index (χ0v) is 18.7. The van der Waals surface area contributed by atoms with Gasteiger partial charge in [-0.05, 0) is 42.0 Å². The highest BCUT2D eigenvalue weighted by molar-refractivity contribution is 7.62. The molecular weight excluding hydrogens is 433 g/mol. The van der Waals surface area contributed by atoms with Crippen molar-refractivity contribution in [2.45, 2.75) is 6.61 Å². The highest BCUT2D eigenvalue weighted by Crippen LogP contribution is 2.48. The van der Waals surface area contributed by atoms with E-state index in [-0.39, 0.29) is 0 Å². The van der Waals surface area contributed by atoms with E-state index in [0.717, 1.165) is 16.5 Å². The van der Waals surface area contributed by atoms with E-state index in [2.05, 4.69) is 4.98 Å². The van der Waals surface area contributed by atoms with Crippen molar-refractivity contribution in [1.29, 1.82) is 0 Å². The summed E-state index contributed by atoms with van der Waals surface area (Å²) in [4.78, 5) is 3.24. The van der Waals surface area contributed by atoms with Gasteiger partial charge in [0.05, 0.1) is 5.52 Å². The van der Waals surface area contributed by atoms with Crippen LogP contribution in [-0.2, 0) is 11.2 Å². The summed E-state index contributed by atoms with van der Waals surface area (Å²) in [6, 6.07) is 35.5. The van der Waals surface area contributed by atoms with Gasteiger partial charge in [0, 0.05) is 5.39 Å². The standard InChI is InChI=1S/C27H22NO4P/c29-33(31-23-14-6-2-7-15-23,32-24-16-8-3-9-17-24)26-19-22-13-10-18-25(27(22)28-26)30-20-21-11-4-1-5-12-21/h1-19,28H,20H2. The van der Waals surface area contributed by atoms with E-state index in [1.807, 2.05) is 84.9 Å². The van der Waals surface area contributed by atoms with Gasteiger partial charge in [0.25, 0.3) is 0 Å². The maximum atomic E-state index is 14.1. The van der Waals surface area contributed by atoms with Crippen molar-refractivity contribution in [2.75, 3.05) is 0 Å². The Bertz CT molecular complexity index is 1340. The number of H-pyrrole nitrogens is 1. The Kier molecular flexibility index (Phi) is 5.88. The number of nitrogens with one attached hydrogen (secondary N) is 1. The number of aromatic amines is 1. The molecule has 0 amide bonds. The number of fused-ring (bicyclic) bond motifs is 1. The SMILES string of the molecule is O=P(Oc1ccccc1)(Oc1ccccc1)c1cc2cccc(OCc3ccccc3)c2[nH]1. The second kappa shape index (κ2) is 9.27. The van der Waals surface area contributed by atoms with E-state index in [9.17, 15) is 4.57 Å². The lowest BCUT2D eigenvalue weighted by molar-refractivity contribution is 0.309. The molecule has 1 heterocycles. The molecule has 0 radical (unpaired) electrons. The molecule has 0 saturated carbocycles. The second-order valence-electron chi connectivity index (χ2n) is 7.46. The number of hydrogen-bond acceptors (Lipinski definition) is 4. The molecule has 0 atom stereocenters. The van der Waals surface area contributed by atoms with Crippen LogP contribution >= 0.6 is 7.60 Å². The number of hydrogen-bond donors (Lipinski definition) is 1. The lowest BCUT2D eigenvalue weighted by Crippen LogP contribution is -2.15. The third-order valence-electron chi connectivity index (χ3n) is 5.07. The largest absolute Gasteiger partial charge is 0.487 e. The van der Waals surface area contributed by atoms with Crippen molar-refractivity contribution in [2.24, 2.45) is 0 Å². The van der Waals surface area contributed by atoms with Gasteiger partial charge in [-0.1, -0.05) is 78.9 Å².